The van der Waals surface area contributed by atoms with E-state index in [9.17, 15) is 4.79 Å². The smallest absolute Gasteiger partial charge is 0.336 e. The molecule has 0 aliphatic carbocycles. The zero-order valence-corrected chi connectivity index (χ0v) is 11.0. The van der Waals surface area contributed by atoms with Gasteiger partial charge in [0.1, 0.15) is 0 Å². The van der Waals surface area contributed by atoms with Crippen molar-refractivity contribution < 1.29 is 14.6 Å². The highest BCUT2D eigenvalue weighted by atomic mass is 79.9. The quantitative estimate of drug-likeness (QED) is 0.901. The van der Waals surface area contributed by atoms with Crippen LogP contribution in [0.15, 0.2) is 22.7 Å². The van der Waals surface area contributed by atoms with Crippen LogP contribution in [0.4, 0.5) is 5.69 Å². The highest BCUT2D eigenvalue weighted by Crippen LogP contribution is 2.24. The van der Waals surface area contributed by atoms with Crippen LogP contribution in [0.25, 0.3) is 0 Å². The molecule has 0 aromatic heterocycles. The lowest BCUT2D eigenvalue weighted by Gasteiger charge is -2.17. The number of rotatable bonds is 3. The lowest BCUT2D eigenvalue weighted by atomic mass is 10.1. The Bertz CT molecular complexity index is 436. The highest BCUT2D eigenvalue weighted by molar-refractivity contribution is 9.10. The average molecular weight is 300 g/mol. The Hall–Kier alpha value is -1.07. The summed E-state index contributed by atoms with van der Waals surface area (Å²) in [5, 5.41) is 12.3. The Labute approximate surface area is 108 Å². The number of benzene rings is 1. The highest BCUT2D eigenvalue weighted by Gasteiger charge is 2.24. The maximum atomic E-state index is 10.9. The van der Waals surface area contributed by atoms with Gasteiger partial charge in [-0.2, -0.15) is 0 Å². The van der Waals surface area contributed by atoms with E-state index in [0.717, 1.165) is 18.7 Å². The monoisotopic (exact) mass is 299 g/mol. The maximum Gasteiger partial charge on any atom is 0.336 e. The maximum absolute atomic E-state index is 10.9. The summed E-state index contributed by atoms with van der Waals surface area (Å²) >= 11 is 3.26. The zero-order valence-electron chi connectivity index (χ0n) is 9.44. The van der Waals surface area contributed by atoms with Crippen LogP contribution in [0.1, 0.15) is 23.7 Å². The van der Waals surface area contributed by atoms with Crippen molar-refractivity contribution in [2.45, 2.75) is 25.5 Å². The number of carbonyl (C=O) groups is 1. The summed E-state index contributed by atoms with van der Waals surface area (Å²) in [6.07, 6.45) is 1.16. The predicted octanol–water partition coefficient (Wildman–Crippen LogP) is 2.74. The van der Waals surface area contributed by atoms with Crippen LogP contribution in [-0.4, -0.2) is 29.8 Å². The lowest BCUT2D eigenvalue weighted by molar-refractivity contribution is 0.0696. The summed E-state index contributed by atoms with van der Waals surface area (Å²) in [6, 6.07) is 5.45. The first-order valence-corrected chi connectivity index (χ1v) is 6.28. The van der Waals surface area contributed by atoms with Crippen molar-refractivity contribution in [3.63, 3.8) is 0 Å². The van der Waals surface area contributed by atoms with Crippen molar-refractivity contribution in [2.24, 2.45) is 0 Å². The first kappa shape index (κ1) is 12.4. The number of carboxylic acid groups (broad SMARTS) is 1. The van der Waals surface area contributed by atoms with E-state index in [4.69, 9.17) is 9.84 Å². The molecule has 0 radical (unpaired) electrons. The van der Waals surface area contributed by atoms with Crippen LogP contribution in [-0.2, 0) is 4.74 Å². The van der Waals surface area contributed by atoms with Gasteiger partial charge in [0.2, 0.25) is 0 Å². The largest absolute Gasteiger partial charge is 0.478 e. The summed E-state index contributed by atoms with van der Waals surface area (Å²) in [7, 11) is 0. The van der Waals surface area contributed by atoms with E-state index < -0.39 is 5.97 Å². The minimum Gasteiger partial charge on any atom is -0.478 e. The molecule has 1 saturated heterocycles. The molecule has 0 saturated carbocycles. The summed E-state index contributed by atoms with van der Waals surface area (Å²) < 4.78 is 6.05. The number of ether oxygens (including phenoxy) is 1. The van der Waals surface area contributed by atoms with Gasteiger partial charge in [0.05, 0.1) is 17.7 Å². The summed E-state index contributed by atoms with van der Waals surface area (Å²) in [5.41, 5.74) is 1.18. The first-order valence-electron chi connectivity index (χ1n) is 5.49. The number of nitrogens with one attached hydrogen (secondary N) is 1. The van der Waals surface area contributed by atoms with Gasteiger partial charge >= 0.3 is 5.97 Å². The molecule has 0 spiro atoms. The Kier molecular flexibility index (Phi) is 3.69. The van der Waals surface area contributed by atoms with Gasteiger partial charge in [-0.3, -0.25) is 0 Å². The van der Waals surface area contributed by atoms with Gasteiger partial charge in [-0.05, 0) is 47.5 Å². The third-order valence-corrected chi connectivity index (χ3v) is 3.58. The molecule has 1 aromatic rings. The van der Waals surface area contributed by atoms with Crippen LogP contribution in [0, 0.1) is 0 Å². The van der Waals surface area contributed by atoms with E-state index in [2.05, 4.69) is 21.2 Å². The van der Waals surface area contributed by atoms with Crippen LogP contribution < -0.4 is 5.32 Å². The number of hydrogen-bond acceptors (Lipinski definition) is 3. The van der Waals surface area contributed by atoms with Crippen molar-refractivity contribution in [1.29, 1.82) is 0 Å². The fourth-order valence-electron chi connectivity index (χ4n) is 1.91. The molecule has 5 heteroatoms. The second-order valence-corrected chi connectivity index (χ2v) is 4.97. The Balaban J connectivity index is 2.12. The molecule has 1 fully saturated rings. The average Bonchev–Trinajstić information content (AvgIpc) is 2.64. The van der Waals surface area contributed by atoms with Gasteiger partial charge in [0.15, 0.2) is 0 Å². The second-order valence-electron chi connectivity index (χ2n) is 4.12. The first-order chi connectivity index (χ1) is 8.08. The number of carboxylic acids is 1. The fraction of sp³-hybridized carbons (Fsp3) is 0.417. The van der Waals surface area contributed by atoms with Crippen molar-refractivity contribution >= 4 is 27.6 Å². The van der Waals surface area contributed by atoms with Crippen LogP contribution in [0.2, 0.25) is 0 Å². The van der Waals surface area contributed by atoms with Gasteiger partial charge in [0.25, 0.3) is 0 Å². The van der Waals surface area contributed by atoms with E-state index in [0.29, 0.717) is 4.47 Å². The van der Waals surface area contributed by atoms with Gasteiger partial charge in [-0.25, -0.2) is 4.79 Å². The van der Waals surface area contributed by atoms with Crippen molar-refractivity contribution in [3.05, 3.63) is 28.2 Å². The molecule has 17 heavy (non-hydrogen) atoms. The molecule has 2 unspecified atom stereocenters. The standard InChI is InChI=1S/C12H14BrNO3/c1-7-11(4-5-17-7)14-8-2-3-9(12(15)16)10(13)6-8/h2-3,6-7,11,14H,4-5H2,1H3,(H,15,16). The molecule has 2 atom stereocenters. The molecular weight excluding hydrogens is 286 g/mol. The number of anilines is 1. The normalized spacial score (nSPS) is 23.6. The van der Waals surface area contributed by atoms with E-state index in [1.165, 1.54) is 0 Å². The number of halogens is 1. The second kappa shape index (κ2) is 5.06. The minimum absolute atomic E-state index is 0.188. The van der Waals surface area contributed by atoms with Gasteiger partial charge in [-0.1, -0.05) is 0 Å². The van der Waals surface area contributed by atoms with Crippen molar-refractivity contribution in [3.8, 4) is 0 Å². The molecule has 92 valence electrons. The van der Waals surface area contributed by atoms with Crippen molar-refractivity contribution in [2.75, 3.05) is 11.9 Å². The number of hydrogen-bond donors (Lipinski definition) is 2. The molecule has 1 aliphatic heterocycles. The molecule has 1 aromatic carbocycles. The summed E-state index contributed by atoms with van der Waals surface area (Å²) in [6.45, 7) is 2.80. The number of aromatic carboxylic acids is 1. The van der Waals surface area contributed by atoms with Crippen LogP contribution in [0.5, 0.6) is 0 Å². The van der Waals surface area contributed by atoms with E-state index in [1.54, 1.807) is 18.2 Å². The molecule has 0 bridgehead atoms. The molecule has 0 amide bonds. The molecule has 4 nitrogen and oxygen atoms in total. The molecule has 1 aliphatic rings. The van der Waals surface area contributed by atoms with E-state index in [1.807, 2.05) is 6.92 Å². The lowest BCUT2D eigenvalue weighted by Crippen LogP contribution is -2.26. The molecule has 2 N–H and O–H groups in total. The fourth-order valence-corrected chi connectivity index (χ4v) is 2.46. The van der Waals surface area contributed by atoms with E-state index in [-0.39, 0.29) is 17.7 Å². The molecule has 2 rings (SSSR count). The van der Waals surface area contributed by atoms with Crippen LogP contribution >= 0.6 is 15.9 Å². The minimum atomic E-state index is -0.930. The SMILES string of the molecule is CC1OCCC1Nc1ccc(C(=O)O)c(Br)c1. The topological polar surface area (TPSA) is 58.6 Å². The van der Waals surface area contributed by atoms with Crippen molar-refractivity contribution in [1.82, 2.24) is 0 Å². The predicted molar refractivity (Wildman–Crippen MR) is 68.5 cm³/mol. The third kappa shape index (κ3) is 2.79. The van der Waals surface area contributed by atoms with Gasteiger partial charge in [0, 0.05) is 16.8 Å². The van der Waals surface area contributed by atoms with Gasteiger partial charge in [-0.15, -0.1) is 0 Å². The Morgan fingerprint density at radius 3 is 2.88 bits per heavy atom. The van der Waals surface area contributed by atoms with E-state index >= 15 is 0 Å². The zero-order chi connectivity index (χ0) is 12.4. The summed E-state index contributed by atoms with van der Waals surface area (Å²) in [5.74, 6) is -0.930. The molecule has 1 heterocycles. The third-order valence-electron chi connectivity index (χ3n) is 2.93. The van der Waals surface area contributed by atoms with Gasteiger partial charge < -0.3 is 15.2 Å². The Morgan fingerprint density at radius 1 is 1.59 bits per heavy atom. The molecular formula is C12H14BrNO3. The Morgan fingerprint density at radius 2 is 2.35 bits per heavy atom. The van der Waals surface area contributed by atoms with Crippen LogP contribution in [0.3, 0.4) is 0 Å². The summed E-state index contributed by atoms with van der Waals surface area (Å²) in [4.78, 5) is 10.9.